The molecule has 0 saturated carbocycles. The molecule has 0 spiro atoms. The highest BCUT2D eigenvalue weighted by atomic mass is 16.1. The Bertz CT molecular complexity index is 762. The summed E-state index contributed by atoms with van der Waals surface area (Å²) in [6.07, 6.45) is 25.2. The largest absolute Gasteiger partial charge is 0.289 e. The van der Waals surface area contributed by atoms with Gasteiger partial charge in [-0.1, -0.05) is 25.7 Å². The van der Waals surface area contributed by atoms with Crippen LogP contribution < -0.4 is 0 Å². The van der Waals surface area contributed by atoms with Crippen LogP contribution in [0.25, 0.3) is 0 Å². The van der Waals surface area contributed by atoms with Crippen LogP contribution in [0.4, 0.5) is 0 Å². The molecule has 0 radical (unpaired) electrons. The van der Waals surface area contributed by atoms with Gasteiger partial charge in [-0.15, -0.1) is 0 Å². The zero-order valence-electron chi connectivity index (χ0n) is 19.1. The van der Waals surface area contributed by atoms with Gasteiger partial charge in [0.05, 0.1) is 0 Å². The Morgan fingerprint density at radius 1 is 0.267 bits per heavy atom. The van der Waals surface area contributed by atoms with Gasteiger partial charge in [0.15, 0.2) is 5.78 Å². The van der Waals surface area contributed by atoms with Crippen LogP contribution in [0.15, 0.2) is 44.6 Å². The Labute approximate surface area is 183 Å². The number of rotatable bonds is 0. The molecule has 0 saturated heterocycles. The first-order valence-corrected chi connectivity index (χ1v) is 13.3. The number of carbonyl (C=O) groups is 1. The Balaban J connectivity index is 1.57. The van der Waals surface area contributed by atoms with Crippen molar-refractivity contribution < 1.29 is 4.79 Å². The lowest BCUT2D eigenvalue weighted by molar-refractivity contribution is -0.112. The van der Waals surface area contributed by atoms with Gasteiger partial charge in [0.1, 0.15) is 0 Å². The van der Waals surface area contributed by atoms with E-state index in [1.54, 1.807) is 11.1 Å². The minimum Gasteiger partial charge on any atom is -0.289 e. The van der Waals surface area contributed by atoms with E-state index >= 15 is 0 Å². The fourth-order valence-corrected chi connectivity index (χ4v) is 6.95. The number of ketones is 1. The summed E-state index contributed by atoms with van der Waals surface area (Å²) in [4.78, 5) is 13.5. The first-order chi connectivity index (χ1) is 14.8. The third-order valence-corrected chi connectivity index (χ3v) is 8.51. The Morgan fingerprint density at radius 2 is 0.467 bits per heavy atom. The summed E-state index contributed by atoms with van der Waals surface area (Å²) >= 11 is 0. The van der Waals surface area contributed by atoms with E-state index in [-0.39, 0.29) is 0 Å². The monoisotopic (exact) mass is 404 g/mol. The third kappa shape index (κ3) is 3.94. The molecule has 162 valence electrons. The van der Waals surface area contributed by atoms with Gasteiger partial charge in [0.2, 0.25) is 0 Å². The predicted molar refractivity (Wildman–Crippen MR) is 125 cm³/mol. The fraction of sp³-hybridized carbons (Fsp3) is 0.690. The Morgan fingerprint density at radius 3 is 0.733 bits per heavy atom. The van der Waals surface area contributed by atoms with Crippen molar-refractivity contribution in [2.75, 3.05) is 0 Å². The SMILES string of the molecule is O=C1C2=C3CCCCCC4=C5CCCCCC3=C1CCCCCC5=C4CCCCC2. The summed E-state index contributed by atoms with van der Waals surface area (Å²) in [5.41, 5.74) is 12.8. The molecule has 0 aromatic heterocycles. The molecule has 5 aliphatic rings. The van der Waals surface area contributed by atoms with E-state index in [4.69, 9.17) is 0 Å². The van der Waals surface area contributed by atoms with Gasteiger partial charge in [-0.05, 0) is 136 Å². The minimum atomic E-state index is 0.476. The molecule has 1 heteroatoms. The van der Waals surface area contributed by atoms with Gasteiger partial charge in [-0.3, -0.25) is 4.79 Å². The average molecular weight is 405 g/mol. The second-order valence-electron chi connectivity index (χ2n) is 10.4. The molecule has 0 aromatic rings. The van der Waals surface area contributed by atoms with Gasteiger partial charge in [0.25, 0.3) is 0 Å². The highest BCUT2D eigenvalue weighted by Crippen LogP contribution is 2.47. The van der Waals surface area contributed by atoms with E-state index < -0.39 is 0 Å². The molecule has 1 nitrogen and oxygen atoms in total. The van der Waals surface area contributed by atoms with Gasteiger partial charge in [-0.2, -0.15) is 0 Å². The second kappa shape index (κ2) is 9.41. The summed E-state index contributed by atoms with van der Waals surface area (Å²) < 4.78 is 0. The van der Waals surface area contributed by atoms with Crippen LogP contribution in [-0.4, -0.2) is 5.78 Å². The smallest absolute Gasteiger partial charge is 0.185 e. The van der Waals surface area contributed by atoms with E-state index in [0.717, 1.165) is 12.8 Å². The molecule has 0 heterocycles. The van der Waals surface area contributed by atoms with Crippen LogP contribution in [0, 0.1) is 0 Å². The summed E-state index contributed by atoms with van der Waals surface area (Å²) in [6, 6.07) is 0. The van der Waals surface area contributed by atoms with Gasteiger partial charge in [-0.25, -0.2) is 0 Å². The maximum atomic E-state index is 13.5. The van der Waals surface area contributed by atoms with E-state index in [9.17, 15) is 4.79 Å². The Hall–Kier alpha value is -1.37. The van der Waals surface area contributed by atoms with E-state index in [1.165, 1.54) is 138 Å². The van der Waals surface area contributed by atoms with Crippen molar-refractivity contribution >= 4 is 5.78 Å². The fourth-order valence-electron chi connectivity index (χ4n) is 6.95. The molecule has 0 atom stereocenters. The molecule has 0 unspecified atom stereocenters. The highest BCUT2D eigenvalue weighted by Gasteiger charge is 2.32. The van der Waals surface area contributed by atoms with Crippen molar-refractivity contribution in [2.24, 2.45) is 0 Å². The zero-order valence-corrected chi connectivity index (χ0v) is 19.1. The van der Waals surface area contributed by atoms with Crippen LogP contribution in [0.2, 0.25) is 0 Å². The number of allylic oxidation sites excluding steroid dienone is 8. The molecule has 30 heavy (non-hydrogen) atoms. The van der Waals surface area contributed by atoms with Crippen LogP contribution in [0.3, 0.4) is 0 Å². The number of carbonyl (C=O) groups excluding carboxylic acids is 1. The lowest BCUT2D eigenvalue weighted by Crippen LogP contribution is -2.14. The van der Waals surface area contributed by atoms with Crippen LogP contribution in [-0.2, 0) is 4.79 Å². The normalized spacial score (nSPS) is 26.9. The Kier molecular flexibility index (Phi) is 6.44. The minimum absolute atomic E-state index is 0.476. The maximum absolute atomic E-state index is 13.5. The average Bonchev–Trinajstić information content (AvgIpc) is 2.98. The molecule has 4 bridgehead atoms. The summed E-state index contributed by atoms with van der Waals surface area (Å²) in [7, 11) is 0. The quantitative estimate of drug-likeness (QED) is 0.395. The van der Waals surface area contributed by atoms with Crippen molar-refractivity contribution in [3.8, 4) is 0 Å². The van der Waals surface area contributed by atoms with Crippen molar-refractivity contribution in [3.05, 3.63) is 44.6 Å². The predicted octanol–water partition coefficient (Wildman–Crippen LogP) is 8.61. The molecular formula is C29H40O. The van der Waals surface area contributed by atoms with E-state index in [2.05, 4.69) is 0 Å². The number of hydrogen-bond acceptors (Lipinski definition) is 1. The zero-order chi connectivity index (χ0) is 20.3. The van der Waals surface area contributed by atoms with Gasteiger partial charge >= 0.3 is 0 Å². The lowest BCUT2D eigenvalue weighted by Gasteiger charge is -2.33. The first-order valence-electron chi connectivity index (χ1n) is 13.3. The topological polar surface area (TPSA) is 17.1 Å². The number of Topliss-reactive ketones (excluding diaryl/α,β-unsaturated/α-hetero) is 1. The highest BCUT2D eigenvalue weighted by molar-refractivity contribution is 6.13. The van der Waals surface area contributed by atoms with Crippen molar-refractivity contribution in [3.63, 3.8) is 0 Å². The van der Waals surface area contributed by atoms with Gasteiger partial charge < -0.3 is 0 Å². The van der Waals surface area contributed by atoms with E-state index in [0.29, 0.717) is 5.78 Å². The molecule has 0 fully saturated rings. The molecule has 5 rings (SSSR count). The number of hydrogen-bond donors (Lipinski definition) is 0. The lowest BCUT2D eigenvalue weighted by atomic mass is 9.72. The van der Waals surface area contributed by atoms with Crippen molar-refractivity contribution in [1.82, 2.24) is 0 Å². The standard InChI is InChI=1S/C29H40O/c30-29-27-19-11-3-7-15-23-21-13-5-1-9-17-25(27)26-18-10-2-6-14-22(21)24(23)16-8-4-12-20-28(26)29/h1-20H2. The van der Waals surface area contributed by atoms with Crippen LogP contribution in [0.1, 0.15) is 128 Å². The molecule has 0 amide bonds. The third-order valence-electron chi connectivity index (χ3n) is 8.51. The summed E-state index contributed by atoms with van der Waals surface area (Å²) in [5, 5.41) is 0. The molecular weight excluding hydrogens is 364 g/mol. The summed E-state index contributed by atoms with van der Waals surface area (Å²) in [5.74, 6) is 0.476. The maximum Gasteiger partial charge on any atom is 0.185 e. The molecule has 0 N–H and O–H groups in total. The molecule has 0 aromatic carbocycles. The van der Waals surface area contributed by atoms with Crippen molar-refractivity contribution in [2.45, 2.75) is 128 Å². The molecule has 0 aliphatic heterocycles. The first kappa shape index (κ1) is 20.5. The second-order valence-corrected chi connectivity index (χ2v) is 10.4. The van der Waals surface area contributed by atoms with Gasteiger partial charge in [0, 0.05) is 11.1 Å². The molecule has 5 aliphatic carbocycles. The number of fused-ring (bicyclic) bond motifs is 8. The van der Waals surface area contributed by atoms with Crippen LogP contribution in [0.5, 0.6) is 0 Å². The van der Waals surface area contributed by atoms with Crippen LogP contribution >= 0.6 is 0 Å². The van der Waals surface area contributed by atoms with Crippen molar-refractivity contribution in [1.29, 1.82) is 0 Å². The summed E-state index contributed by atoms with van der Waals surface area (Å²) in [6.45, 7) is 0. The van der Waals surface area contributed by atoms with E-state index in [1.807, 2.05) is 11.1 Å².